The largest absolute Gasteiger partial charge is 0.462 e. The Morgan fingerprint density at radius 2 is 0.639 bits per heavy atom. The molecule has 0 aliphatic rings. The van der Waals surface area contributed by atoms with Crippen molar-refractivity contribution in [2.75, 3.05) is 13.2 Å². The molecule has 0 saturated heterocycles. The van der Waals surface area contributed by atoms with Crippen molar-refractivity contribution in [1.82, 2.24) is 0 Å². The van der Waals surface area contributed by atoms with E-state index in [1.165, 1.54) is 64.2 Å². The molecule has 0 radical (unpaired) electrons. The van der Waals surface area contributed by atoms with E-state index in [2.05, 4.69) is 106 Å². The standard InChI is InChI=1S/C55H92O6/c1-4-7-10-13-16-19-22-25-27-30-33-36-39-42-45-48-54(57)60-51-52(50-59-53(56)47-44-41-38-35-32-29-24-21-18-15-12-9-6-3)61-55(58)49-46-43-40-37-34-31-28-26-23-20-17-14-11-8-5-2/h7,10,16-17,19-21,24-28,33,36,52H,4-6,8-9,11-15,18,22-23,29-32,34-35,37-51H2,1-3H3/b10-7-,19-16-,20-17-,24-21-,27-25-,28-26-,36-33-. The summed E-state index contributed by atoms with van der Waals surface area (Å²) in [6.07, 6.45) is 62.8. The van der Waals surface area contributed by atoms with Crippen LogP contribution in [0.5, 0.6) is 0 Å². The van der Waals surface area contributed by atoms with Gasteiger partial charge in [-0.1, -0.05) is 176 Å². The van der Waals surface area contributed by atoms with Crippen LogP contribution in [0.1, 0.15) is 226 Å². The molecule has 1 unspecified atom stereocenters. The lowest BCUT2D eigenvalue weighted by atomic mass is 10.1. The maximum atomic E-state index is 12.8. The summed E-state index contributed by atoms with van der Waals surface area (Å²) < 4.78 is 16.7. The van der Waals surface area contributed by atoms with Crippen molar-refractivity contribution >= 4 is 17.9 Å². The molecule has 0 spiro atoms. The van der Waals surface area contributed by atoms with Gasteiger partial charge in [0.1, 0.15) is 13.2 Å². The van der Waals surface area contributed by atoms with Gasteiger partial charge in [-0.3, -0.25) is 14.4 Å². The van der Waals surface area contributed by atoms with Crippen LogP contribution in [0, 0.1) is 0 Å². The van der Waals surface area contributed by atoms with E-state index in [4.69, 9.17) is 14.2 Å². The molecule has 0 saturated carbocycles. The molecule has 6 nitrogen and oxygen atoms in total. The summed E-state index contributed by atoms with van der Waals surface area (Å²) in [5.41, 5.74) is 0. The minimum Gasteiger partial charge on any atom is -0.462 e. The van der Waals surface area contributed by atoms with Gasteiger partial charge >= 0.3 is 17.9 Å². The molecule has 0 aromatic rings. The molecule has 61 heavy (non-hydrogen) atoms. The summed E-state index contributed by atoms with van der Waals surface area (Å²) in [4.78, 5) is 37.9. The highest BCUT2D eigenvalue weighted by Gasteiger charge is 2.19. The van der Waals surface area contributed by atoms with E-state index >= 15 is 0 Å². The molecule has 0 fully saturated rings. The summed E-state index contributed by atoms with van der Waals surface area (Å²) >= 11 is 0. The Bertz CT molecular complexity index is 1200. The number of unbranched alkanes of at least 4 members (excludes halogenated alkanes) is 19. The molecule has 0 heterocycles. The van der Waals surface area contributed by atoms with Crippen LogP contribution < -0.4 is 0 Å². The quantitative estimate of drug-likeness (QED) is 0.0263. The molecule has 6 heteroatoms. The van der Waals surface area contributed by atoms with Crippen molar-refractivity contribution in [3.05, 3.63) is 85.1 Å². The predicted molar refractivity (Wildman–Crippen MR) is 261 cm³/mol. The molecule has 0 amide bonds. The predicted octanol–water partition coefficient (Wildman–Crippen LogP) is 16.4. The molecule has 1 atom stereocenters. The molecule has 0 rings (SSSR count). The number of ether oxygens (including phenoxy) is 3. The fourth-order valence-corrected chi connectivity index (χ4v) is 6.57. The Morgan fingerprint density at radius 3 is 1.08 bits per heavy atom. The average Bonchev–Trinajstić information content (AvgIpc) is 3.26. The van der Waals surface area contributed by atoms with Crippen molar-refractivity contribution in [3.63, 3.8) is 0 Å². The zero-order chi connectivity index (χ0) is 44.4. The van der Waals surface area contributed by atoms with Crippen LogP contribution in [0.25, 0.3) is 0 Å². The van der Waals surface area contributed by atoms with Crippen LogP contribution >= 0.6 is 0 Å². The van der Waals surface area contributed by atoms with E-state index in [-0.39, 0.29) is 31.1 Å². The zero-order valence-electron chi connectivity index (χ0n) is 39.7. The molecule has 0 bridgehead atoms. The normalized spacial score (nSPS) is 12.8. The SMILES string of the molecule is CC/C=C\C/C=C\C/C=C\C/C=C\CCCCC(=O)OCC(COC(=O)CCCCCCC/C=C\CCCCCC)OC(=O)CCCCCCC/C=C\C/C=C\CCCCC. The maximum absolute atomic E-state index is 12.8. The number of hydrogen-bond donors (Lipinski definition) is 0. The molecule has 0 aromatic carbocycles. The van der Waals surface area contributed by atoms with E-state index in [9.17, 15) is 14.4 Å². The Kier molecular flexibility index (Phi) is 46.5. The number of carbonyl (C=O) groups excluding carboxylic acids is 3. The number of allylic oxidation sites excluding steroid dienone is 14. The van der Waals surface area contributed by atoms with E-state index in [0.717, 1.165) is 122 Å². The van der Waals surface area contributed by atoms with Crippen molar-refractivity contribution in [3.8, 4) is 0 Å². The highest BCUT2D eigenvalue weighted by atomic mass is 16.6. The smallest absolute Gasteiger partial charge is 0.306 e. The van der Waals surface area contributed by atoms with E-state index in [0.29, 0.717) is 19.3 Å². The monoisotopic (exact) mass is 849 g/mol. The number of hydrogen-bond acceptors (Lipinski definition) is 6. The third kappa shape index (κ3) is 47.5. The lowest BCUT2D eigenvalue weighted by Crippen LogP contribution is -2.30. The highest BCUT2D eigenvalue weighted by molar-refractivity contribution is 5.71. The van der Waals surface area contributed by atoms with Crippen molar-refractivity contribution in [2.24, 2.45) is 0 Å². The molecule has 0 aliphatic heterocycles. The van der Waals surface area contributed by atoms with Crippen LogP contribution in [-0.2, 0) is 28.6 Å². The van der Waals surface area contributed by atoms with Gasteiger partial charge < -0.3 is 14.2 Å². The third-order valence-electron chi connectivity index (χ3n) is 10.4. The van der Waals surface area contributed by atoms with E-state index in [1.54, 1.807) is 0 Å². The Hall–Kier alpha value is -3.41. The first-order valence-electron chi connectivity index (χ1n) is 25.1. The second kappa shape index (κ2) is 49.2. The minimum atomic E-state index is -0.803. The van der Waals surface area contributed by atoms with Gasteiger partial charge in [0.05, 0.1) is 0 Å². The fraction of sp³-hybridized carbons (Fsp3) is 0.691. The van der Waals surface area contributed by atoms with Crippen LogP contribution in [0.2, 0.25) is 0 Å². The average molecular weight is 849 g/mol. The summed E-state index contributed by atoms with van der Waals surface area (Å²) in [6.45, 7) is 6.41. The van der Waals surface area contributed by atoms with Gasteiger partial charge in [-0.2, -0.15) is 0 Å². The minimum absolute atomic E-state index is 0.101. The van der Waals surface area contributed by atoms with Gasteiger partial charge in [0.25, 0.3) is 0 Å². The van der Waals surface area contributed by atoms with Gasteiger partial charge in [0.15, 0.2) is 6.10 Å². The van der Waals surface area contributed by atoms with Crippen molar-refractivity contribution < 1.29 is 28.6 Å². The Morgan fingerprint density at radius 1 is 0.344 bits per heavy atom. The molecular weight excluding hydrogens is 757 g/mol. The lowest BCUT2D eigenvalue weighted by molar-refractivity contribution is -0.167. The first-order valence-corrected chi connectivity index (χ1v) is 25.1. The lowest BCUT2D eigenvalue weighted by Gasteiger charge is -2.18. The van der Waals surface area contributed by atoms with Gasteiger partial charge in [-0.05, 0) is 116 Å². The maximum Gasteiger partial charge on any atom is 0.306 e. The molecule has 0 aromatic heterocycles. The summed E-state index contributed by atoms with van der Waals surface area (Å²) in [6, 6.07) is 0. The summed E-state index contributed by atoms with van der Waals surface area (Å²) in [5.74, 6) is -0.969. The fourth-order valence-electron chi connectivity index (χ4n) is 6.57. The number of carbonyl (C=O) groups is 3. The number of rotatable bonds is 44. The van der Waals surface area contributed by atoms with Crippen molar-refractivity contribution in [1.29, 1.82) is 0 Å². The highest BCUT2D eigenvalue weighted by Crippen LogP contribution is 2.13. The second-order valence-corrected chi connectivity index (χ2v) is 16.3. The van der Waals surface area contributed by atoms with Gasteiger partial charge in [0.2, 0.25) is 0 Å². The van der Waals surface area contributed by atoms with Crippen LogP contribution in [-0.4, -0.2) is 37.2 Å². The first-order chi connectivity index (χ1) is 30.0. The first kappa shape index (κ1) is 57.6. The molecule has 0 N–H and O–H groups in total. The molecule has 348 valence electrons. The Balaban J connectivity index is 4.50. The topological polar surface area (TPSA) is 78.9 Å². The van der Waals surface area contributed by atoms with Crippen LogP contribution in [0.4, 0.5) is 0 Å². The van der Waals surface area contributed by atoms with Crippen LogP contribution in [0.15, 0.2) is 85.1 Å². The van der Waals surface area contributed by atoms with Gasteiger partial charge in [-0.15, -0.1) is 0 Å². The van der Waals surface area contributed by atoms with E-state index in [1.807, 2.05) is 0 Å². The van der Waals surface area contributed by atoms with Crippen LogP contribution in [0.3, 0.4) is 0 Å². The molecule has 0 aliphatic carbocycles. The second-order valence-electron chi connectivity index (χ2n) is 16.3. The summed E-state index contributed by atoms with van der Waals surface area (Å²) in [5, 5.41) is 0. The zero-order valence-corrected chi connectivity index (χ0v) is 39.7. The third-order valence-corrected chi connectivity index (χ3v) is 10.4. The van der Waals surface area contributed by atoms with Gasteiger partial charge in [-0.25, -0.2) is 0 Å². The summed E-state index contributed by atoms with van der Waals surface area (Å²) in [7, 11) is 0. The van der Waals surface area contributed by atoms with Gasteiger partial charge in [0, 0.05) is 19.3 Å². The van der Waals surface area contributed by atoms with E-state index < -0.39 is 6.10 Å². The number of esters is 3. The van der Waals surface area contributed by atoms with Crippen molar-refractivity contribution in [2.45, 2.75) is 232 Å². The Labute approximate surface area is 375 Å². The molecular formula is C55H92O6.